The average Bonchev–Trinajstić information content (AvgIpc) is 3.23. The molecular formula is C20H32N5O11P. The first-order valence-corrected chi connectivity index (χ1v) is 12.8. The van der Waals surface area contributed by atoms with Gasteiger partial charge in [-0.05, 0) is 0 Å². The Hall–Kier alpha value is -3.04. The van der Waals surface area contributed by atoms with Crippen LogP contribution in [0, 0.1) is 11.8 Å². The lowest BCUT2D eigenvalue weighted by Crippen LogP contribution is -2.47. The molecule has 0 fully saturated rings. The van der Waals surface area contributed by atoms with Crippen LogP contribution in [0.3, 0.4) is 0 Å². The highest BCUT2D eigenvalue weighted by Crippen LogP contribution is 2.55. The van der Waals surface area contributed by atoms with E-state index in [2.05, 4.69) is 25.0 Å². The molecule has 1 unspecified atom stereocenters. The summed E-state index contributed by atoms with van der Waals surface area (Å²) in [5, 5.41) is 20.9. The maximum absolute atomic E-state index is 13.5. The number of nitrogens with zero attached hydrogens (tertiary/aromatic N) is 4. The van der Waals surface area contributed by atoms with Crippen LogP contribution in [0.4, 0.5) is 15.4 Å². The Bertz CT molecular complexity index is 1090. The van der Waals surface area contributed by atoms with Crippen molar-refractivity contribution in [2.24, 2.45) is 11.8 Å². The first kappa shape index (κ1) is 30.2. The van der Waals surface area contributed by atoms with Crippen LogP contribution >= 0.6 is 7.60 Å². The lowest BCUT2D eigenvalue weighted by atomic mass is 9.92. The molecule has 0 saturated carbocycles. The van der Waals surface area contributed by atoms with Crippen molar-refractivity contribution >= 4 is 36.9 Å². The van der Waals surface area contributed by atoms with Crippen LogP contribution in [-0.2, 0) is 39.1 Å². The van der Waals surface area contributed by atoms with E-state index in [9.17, 15) is 19.3 Å². The summed E-state index contributed by atoms with van der Waals surface area (Å²) in [7, 11) is -2.78. The van der Waals surface area contributed by atoms with Crippen molar-refractivity contribution in [2.45, 2.75) is 40.0 Å². The molecule has 0 spiro atoms. The van der Waals surface area contributed by atoms with Gasteiger partial charge in [-0.1, -0.05) is 27.7 Å². The second kappa shape index (κ2) is 13.5. The van der Waals surface area contributed by atoms with Gasteiger partial charge in [-0.2, -0.15) is 0 Å². The number of ether oxygens (including phenoxy) is 4. The molecule has 2 aromatic rings. The van der Waals surface area contributed by atoms with Gasteiger partial charge in [0, 0.05) is 25.5 Å². The van der Waals surface area contributed by atoms with Gasteiger partial charge in [-0.15, -0.1) is 0 Å². The van der Waals surface area contributed by atoms with Crippen molar-refractivity contribution in [1.82, 2.24) is 19.5 Å². The minimum Gasteiger partial charge on any atom is -0.450 e. The number of carboxylic acid groups (broad SMARTS) is 2. The number of rotatable bonds is 16. The molecule has 0 bridgehead atoms. The number of carbonyl (C=O) groups is 2. The Morgan fingerprint density at radius 2 is 1.84 bits per heavy atom. The Kier molecular flexibility index (Phi) is 11.0. The van der Waals surface area contributed by atoms with E-state index in [1.165, 1.54) is 19.8 Å². The monoisotopic (exact) mass is 549 g/mol. The first-order chi connectivity index (χ1) is 17.4. The predicted octanol–water partition coefficient (Wildman–Crippen LogP) is 3.40. The lowest BCUT2D eigenvalue weighted by Gasteiger charge is -2.40. The summed E-state index contributed by atoms with van der Waals surface area (Å²) < 4.78 is 45.8. The Morgan fingerprint density at radius 3 is 2.43 bits per heavy atom. The Morgan fingerprint density at radius 1 is 1.14 bits per heavy atom. The normalized spacial score (nSPS) is 13.6. The zero-order chi connectivity index (χ0) is 27.6. The second-order valence-electron chi connectivity index (χ2n) is 8.24. The third-order valence-electron chi connectivity index (χ3n) is 5.08. The zero-order valence-corrected chi connectivity index (χ0v) is 22.0. The molecule has 208 valence electrons. The van der Waals surface area contributed by atoms with Crippen LogP contribution in [0.25, 0.3) is 11.2 Å². The molecule has 0 aromatic carbocycles. The quantitative estimate of drug-likeness (QED) is 0.119. The van der Waals surface area contributed by atoms with Crippen LogP contribution in [0.5, 0.6) is 0 Å². The van der Waals surface area contributed by atoms with E-state index in [-0.39, 0.29) is 19.9 Å². The zero-order valence-electron chi connectivity index (χ0n) is 21.1. The molecule has 0 aliphatic heterocycles. The fourth-order valence-electron chi connectivity index (χ4n) is 3.39. The summed E-state index contributed by atoms with van der Waals surface area (Å²) in [5.41, 5.74) is 1.02. The van der Waals surface area contributed by atoms with Crippen molar-refractivity contribution in [3.05, 3.63) is 12.7 Å². The van der Waals surface area contributed by atoms with Crippen molar-refractivity contribution in [3.8, 4) is 0 Å². The minimum absolute atomic E-state index is 0.0110. The van der Waals surface area contributed by atoms with Crippen LogP contribution in [0.1, 0.15) is 27.7 Å². The van der Waals surface area contributed by atoms with E-state index in [1.54, 1.807) is 32.3 Å². The second-order valence-corrected chi connectivity index (χ2v) is 10.2. The molecule has 16 nitrogen and oxygen atoms in total. The molecule has 3 N–H and O–H groups in total. The van der Waals surface area contributed by atoms with E-state index >= 15 is 0 Å². The maximum Gasteiger partial charge on any atom is 0.508 e. The average molecular weight is 549 g/mol. The van der Waals surface area contributed by atoms with Gasteiger partial charge in [-0.25, -0.2) is 24.5 Å². The summed E-state index contributed by atoms with van der Waals surface area (Å²) in [5.74, 6) is -2.59. The van der Waals surface area contributed by atoms with Gasteiger partial charge < -0.3 is 39.0 Å². The molecule has 2 heterocycles. The molecule has 2 aromatic heterocycles. The molecule has 1 atom stereocenters. The smallest absolute Gasteiger partial charge is 0.450 e. The van der Waals surface area contributed by atoms with E-state index in [0.29, 0.717) is 17.0 Å². The first-order valence-electron chi connectivity index (χ1n) is 11.1. The number of aromatic nitrogens is 4. The SMILES string of the molecule is COCNc1ncnc2c1ncn2CCOCP(=O)(OCOC(=O)O)OC(OC(=O)O)(C(C)C)C(C)C. The number of fused-ring (bicyclic) bond motifs is 1. The molecule has 0 saturated heterocycles. The van der Waals surface area contributed by atoms with Gasteiger partial charge in [0.1, 0.15) is 24.9 Å². The molecule has 0 aliphatic rings. The van der Waals surface area contributed by atoms with E-state index in [0.717, 1.165) is 0 Å². The van der Waals surface area contributed by atoms with Crippen LogP contribution in [0.2, 0.25) is 0 Å². The van der Waals surface area contributed by atoms with Crippen molar-refractivity contribution in [3.63, 3.8) is 0 Å². The summed E-state index contributed by atoms with van der Waals surface area (Å²) in [6, 6.07) is 0. The molecular weight excluding hydrogens is 517 g/mol. The number of nitrogens with one attached hydrogen (secondary N) is 1. The third kappa shape index (κ3) is 8.23. The van der Waals surface area contributed by atoms with E-state index in [1.807, 2.05) is 0 Å². The number of methoxy groups -OCH3 is 1. The highest BCUT2D eigenvalue weighted by Gasteiger charge is 2.49. The lowest BCUT2D eigenvalue weighted by molar-refractivity contribution is -0.215. The van der Waals surface area contributed by atoms with Crippen molar-refractivity contribution in [2.75, 3.05) is 38.9 Å². The maximum atomic E-state index is 13.5. The molecule has 0 amide bonds. The van der Waals surface area contributed by atoms with Gasteiger partial charge in [0.2, 0.25) is 12.6 Å². The van der Waals surface area contributed by atoms with E-state index < -0.39 is 50.7 Å². The number of hydrogen-bond acceptors (Lipinski definition) is 13. The predicted molar refractivity (Wildman–Crippen MR) is 127 cm³/mol. The summed E-state index contributed by atoms with van der Waals surface area (Å²) in [6.07, 6.45) is -1.08. The summed E-state index contributed by atoms with van der Waals surface area (Å²) in [6.45, 7) is 5.97. The van der Waals surface area contributed by atoms with Crippen LogP contribution in [0.15, 0.2) is 12.7 Å². The molecule has 0 aliphatic carbocycles. The van der Waals surface area contributed by atoms with Gasteiger partial charge in [0.05, 0.1) is 12.9 Å². The Labute approximate surface area is 212 Å². The number of hydrogen-bond donors (Lipinski definition) is 3. The van der Waals surface area contributed by atoms with Gasteiger partial charge in [0.15, 0.2) is 11.5 Å². The largest absolute Gasteiger partial charge is 0.508 e. The minimum atomic E-state index is -4.31. The van der Waals surface area contributed by atoms with E-state index in [4.69, 9.17) is 28.4 Å². The summed E-state index contributed by atoms with van der Waals surface area (Å²) in [4.78, 5) is 34.7. The molecule has 17 heteroatoms. The Balaban J connectivity index is 2.15. The topological polar surface area (TPSA) is 203 Å². The van der Waals surface area contributed by atoms with Crippen molar-refractivity contribution in [1.29, 1.82) is 0 Å². The van der Waals surface area contributed by atoms with Crippen molar-refractivity contribution < 1.29 is 52.4 Å². The van der Waals surface area contributed by atoms with Crippen LogP contribution in [-0.4, -0.2) is 81.4 Å². The summed E-state index contributed by atoms with van der Waals surface area (Å²) >= 11 is 0. The third-order valence-corrected chi connectivity index (χ3v) is 6.64. The van der Waals surface area contributed by atoms with Crippen LogP contribution < -0.4 is 5.32 Å². The van der Waals surface area contributed by atoms with Gasteiger partial charge in [0.25, 0.3) is 0 Å². The molecule has 37 heavy (non-hydrogen) atoms. The number of anilines is 1. The van der Waals surface area contributed by atoms with Gasteiger partial charge >= 0.3 is 19.9 Å². The number of imidazole rings is 1. The fourth-order valence-corrected chi connectivity index (χ4v) is 5.03. The fraction of sp³-hybridized carbons (Fsp3) is 0.650. The molecule has 2 rings (SSSR count). The highest BCUT2D eigenvalue weighted by molar-refractivity contribution is 7.53. The standard InChI is InChI=1S/C20H32N5O11P/c1-13(2)20(14(3)4,35-19(28)29)36-37(30,34-11-33-18(26)27)12-32-7-6-25-9-23-15-16(24-10-31-5)21-8-22-17(15)25/h8-9,13-14H,6-7,10-12H2,1-5H3,(H,26,27)(H,28,29)(H,21,22,24). The van der Waals surface area contributed by atoms with Gasteiger partial charge in [-0.3, -0.25) is 13.6 Å². The molecule has 0 radical (unpaired) electrons. The highest BCUT2D eigenvalue weighted by atomic mass is 31.2.